The topological polar surface area (TPSA) is 15.3 Å². The van der Waals surface area contributed by atoms with E-state index in [2.05, 4.69) is 34.5 Å². The molecule has 0 saturated carbocycles. The van der Waals surface area contributed by atoms with E-state index in [1.165, 1.54) is 6.07 Å². The van der Waals surface area contributed by atoms with E-state index in [1.807, 2.05) is 18.2 Å². The van der Waals surface area contributed by atoms with E-state index in [4.69, 9.17) is 0 Å². The molecule has 0 aromatic heterocycles. The van der Waals surface area contributed by atoms with Gasteiger partial charge in [-0.1, -0.05) is 48.5 Å². The molecule has 4 rings (SSSR count). The summed E-state index contributed by atoms with van der Waals surface area (Å²) >= 11 is 0. The number of fused-ring (bicyclic) bond motifs is 1. The molecular weight excluding hydrogens is 318 g/mol. The summed E-state index contributed by atoms with van der Waals surface area (Å²) < 4.78 is 28.1. The van der Waals surface area contributed by atoms with Crippen molar-refractivity contribution in [3.8, 4) is 0 Å². The predicted octanol–water partition coefficient (Wildman–Crippen LogP) is 4.11. The number of benzene rings is 3. The first-order valence-corrected chi connectivity index (χ1v) is 8.61. The standard InChI is InChI=1S/C21H20F2N2/c22-16-8-9-19(20(23)14-16)21(25-12-10-24-11-13-25)18-7-3-5-15-4-1-2-6-17(15)18/h1-9,14,21,24H,10-13H2. The van der Waals surface area contributed by atoms with E-state index < -0.39 is 11.6 Å². The summed E-state index contributed by atoms with van der Waals surface area (Å²) in [6.07, 6.45) is 0. The number of piperazine rings is 1. The van der Waals surface area contributed by atoms with Crippen LogP contribution in [0.4, 0.5) is 8.78 Å². The molecule has 0 amide bonds. The minimum atomic E-state index is -0.543. The Bertz CT molecular complexity index is 883. The molecule has 1 saturated heterocycles. The lowest BCUT2D eigenvalue weighted by Gasteiger charge is -2.36. The van der Waals surface area contributed by atoms with Crippen molar-refractivity contribution < 1.29 is 8.78 Å². The monoisotopic (exact) mass is 338 g/mol. The van der Waals surface area contributed by atoms with Gasteiger partial charge >= 0.3 is 0 Å². The van der Waals surface area contributed by atoms with Gasteiger partial charge in [0, 0.05) is 37.8 Å². The smallest absolute Gasteiger partial charge is 0.131 e. The van der Waals surface area contributed by atoms with Gasteiger partial charge in [0.2, 0.25) is 0 Å². The number of halogens is 2. The largest absolute Gasteiger partial charge is 0.314 e. The van der Waals surface area contributed by atoms with Gasteiger partial charge in [0.05, 0.1) is 6.04 Å². The van der Waals surface area contributed by atoms with Crippen LogP contribution in [0.15, 0.2) is 60.7 Å². The third kappa shape index (κ3) is 3.15. The first kappa shape index (κ1) is 16.2. The van der Waals surface area contributed by atoms with Crippen LogP contribution in [0.2, 0.25) is 0 Å². The van der Waals surface area contributed by atoms with Crippen LogP contribution in [0.5, 0.6) is 0 Å². The Morgan fingerprint density at radius 3 is 2.40 bits per heavy atom. The molecule has 128 valence electrons. The summed E-state index contributed by atoms with van der Waals surface area (Å²) in [7, 11) is 0. The van der Waals surface area contributed by atoms with E-state index in [-0.39, 0.29) is 6.04 Å². The van der Waals surface area contributed by atoms with Crippen LogP contribution >= 0.6 is 0 Å². The highest BCUT2D eigenvalue weighted by molar-refractivity contribution is 5.86. The summed E-state index contributed by atoms with van der Waals surface area (Å²) in [5.74, 6) is -1.03. The van der Waals surface area contributed by atoms with Crippen molar-refractivity contribution in [2.24, 2.45) is 0 Å². The van der Waals surface area contributed by atoms with Gasteiger partial charge in [0.25, 0.3) is 0 Å². The Morgan fingerprint density at radius 2 is 1.60 bits per heavy atom. The third-order valence-corrected chi connectivity index (χ3v) is 4.89. The Balaban J connectivity index is 1.90. The molecule has 4 heteroatoms. The first-order valence-electron chi connectivity index (χ1n) is 8.61. The fourth-order valence-corrected chi connectivity index (χ4v) is 3.71. The van der Waals surface area contributed by atoms with Crippen LogP contribution < -0.4 is 5.32 Å². The van der Waals surface area contributed by atoms with Gasteiger partial charge in [-0.15, -0.1) is 0 Å². The van der Waals surface area contributed by atoms with E-state index in [0.29, 0.717) is 5.56 Å². The summed E-state index contributed by atoms with van der Waals surface area (Å²) in [5.41, 5.74) is 1.59. The van der Waals surface area contributed by atoms with Crippen molar-refractivity contribution in [2.45, 2.75) is 6.04 Å². The lowest BCUT2D eigenvalue weighted by molar-refractivity contribution is 0.196. The van der Waals surface area contributed by atoms with Crippen molar-refractivity contribution in [3.05, 3.63) is 83.4 Å². The highest BCUT2D eigenvalue weighted by Gasteiger charge is 2.27. The van der Waals surface area contributed by atoms with Crippen LogP contribution in [-0.2, 0) is 0 Å². The number of nitrogens with zero attached hydrogens (tertiary/aromatic N) is 1. The number of nitrogens with one attached hydrogen (secondary N) is 1. The fourth-order valence-electron chi connectivity index (χ4n) is 3.71. The van der Waals surface area contributed by atoms with Gasteiger partial charge in [0.15, 0.2) is 0 Å². The van der Waals surface area contributed by atoms with Crippen molar-refractivity contribution in [1.82, 2.24) is 10.2 Å². The van der Waals surface area contributed by atoms with Crippen LogP contribution in [0, 0.1) is 11.6 Å². The third-order valence-electron chi connectivity index (χ3n) is 4.89. The maximum Gasteiger partial charge on any atom is 0.131 e. The zero-order valence-electron chi connectivity index (χ0n) is 13.9. The highest BCUT2D eigenvalue weighted by atomic mass is 19.1. The van der Waals surface area contributed by atoms with Gasteiger partial charge < -0.3 is 5.32 Å². The molecule has 0 radical (unpaired) electrons. The van der Waals surface area contributed by atoms with Crippen molar-refractivity contribution >= 4 is 10.8 Å². The minimum absolute atomic E-state index is 0.228. The molecule has 1 aliphatic heterocycles. The molecule has 0 aliphatic carbocycles. The average Bonchev–Trinajstić information content (AvgIpc) is 2.65. The molecule has 1 heterocycles. The SMILES string of the molecule is Fc1ccc(C(c2cccc3ccccc23)N2CCNCC2)c(F)c1. The molecule has 3 aromatic carbocycles. The van der Waals surface area contributed by atoms with Gasteiger partial charge in [-0.3, -0.25) is 4.90 Å². The van der Waals surface area contributed by atoms with Crippen LogP contribution in [-0.4, -0.2) is 31.1 Å². The van der Waals surface area contributed by atoms with E-state index in [0.717, 1.165) is 48.6 Å². The molecule has 1 unspecified atom stereocenters. The van der Waals surface area contributed by atoms with Gasteiger partial charge in [-0.25, -0.2) is 8.78 Å². The number of rotatable bonds is 3. The quantitative estimate of drug-likeness (QED) is 0.773. The maximum atomic E-state index is 14.7. The van der Waals surface area contributed by atoms with Crippen molar-refractivity contribution in [1.29, 1.82) is 0 Å². The lowest BCUT2D eigenvalue weighted by atomic mass is 9.91. The Morgan fingerprint density at radius 1 is 0.840 bits per heavy atom. The van der Waals surface area contributed by atoms with Crippen molar-refractivity contribution in [3.63, 3.8) is 0 Å². The molecule has 1 N–H and O–H groups in total. The molecule has 3 aromatic rings. The van der Waals surface area contributed by atoms with Gasteiger partial charge in [0.1, 0.15) is 11.6 Å². The Kier molecular flexibility index (Phi) is 4.47. The molecular formula is C21H20F2N2. The number of hydrogen-bond donors (Lipinski definition) is 1. The van der Waals surface area contributed by atoms with Crippen molar-refractivity contribution in [2.75, 3.05) is 26.2 Å². The molecule has 0 bridgehead atoms. The van der Waals surface area contributed by atoms with E-state index in [9.17, 15) is 8.78 Å². The number of hydrogen-bond acceptors (Lipinski definition) is 2. The lowest BCUT2D eigenvalue weighted by Crippen LogP contribution is -2.45. The molecule has 0 spiro atoms. The maximum absolute atomic E-state index is 14.7. The normalized spacial score (nSPS) is 16.9. The molecule has 25 heavy (non-hydrogen) atoms. The second kappa shape index (κ2) is 6.90. The average molecular weight is 338 g/mol. The summed E-state index contributed by atoms with van der Waals surface area (Å²) in [4.78, 5) is 2.27. The highest BCUT2D eigenvalue weighted by Crippen LogP contribution is 2.35. The summed E-state index contributed by atoms with van der Waals surface area (Å²) in [6, 6.07) is 17.9. The Hall–Kier alpha value is -2.30. The molecule has 1 atom stereocenters. The second-order valence-electron chi connectivity index (χ2n) is 6.42. The van der Waals surface area contributed by atoms with Gasteiger partial charge in [-0.05, 0) is 22.4 Å². The molecule has 1 aliphatic rings. The second-order valence-corrected chi connectivity index (χ2v) is 6.42. The van der Waals surface area contributed by atoms with Crippen LogP contribution in [0.1, 0.15) is 17.2 Å². The zero-order valence-corrected chi connectivity index (χ0v) is 13.9. The fraction of sp³-hybridized carbons (Fsp3) is 0.238. The van der Waals surface area contributed by atoms with E-state index in [1.54, 1.807) is 6.07 Å². The summed E-state index contributed by atoms with van der Waals surface area (Å²) in [6.45, 7) is 3.38. The molecule has 1 fully saturated rings. The van der Waals surface area contributed by atoms with E-state index >= 15 is 0 Å². The van der Waals surface area contributed by atoms with Gasteiger partial charge in [-0.2, -0.15) is 0 Å². The Labute approximate surface area is 146 Å². The molecule has 2 nitrogen and oxygen atoms in total. The predicted molar refractivity (Wildman–Crippen MR) is 96.6 cm³/mol. The van der Waals surface area contributed by atoms with Crippen LogP contribution in [0.3, 0.4) is 0 Å². The van der Waals surface area contributed by atoms with Crippen LogP contribution in [0.25, 0.3) is 10.8 Å². The first-order chi connectivity index (χ1) is 12.2. The zero-order chi connectivity index (χ0) is 17.2. The minimum Gasteiger partial charge on any atom is -0.314 e. The summed E-state index contributed by atoms with van der Waals surface area (Å²) in [5, 5.41) is 5.57.